The SMILES string of the molecule is Cc1c(Cl)ccc(OCCOCC[NH+]2C[C@@H](C)O[C@H](C)C2)c1C. The average molecular weight is 343 g/mol. The summed E-state index contributed by atoms with van der Waals surface area (Å²) in [5.74, 6) is 0.886. The van der Waals surface area contributed by atoms with E-state index in [0.717, 1.165) is 48.1 Å². The number of nitrogens with one attached hydrogen (secondary N) is 1. The van der Waals surface area contributed by atoms with E-state index in [0.29, 0.717) is 25.4 Å². The molecule has 0 aliphatic carbocycles. The number of benzene rings is 1. The van der Waals surface area contributed by atoms with Gasteiger partial charge in [0, 0.05) is 5.02 Å². The van der Waals surface area contributed by atoms with Crippen molar-refractivity contribution in [3.05, 3.63) is 28.3 Å². The summed E-state index contributed by atoms with van der Waals surface area (Å²) in [6, 6.07) is 3.80. The molecule has 0 saturated carbocycles. The molecule has 1 aromatic rings. The standard InChI is InChI=1S/C18H28ClNO3/c1-13-11-20(12-14(2)23-13)7-8-21-9-10-22-18-6-5-17(19)15(3)16(18)4/h5-6,13-14H,7-12H2,1-4H3/p+1/t13-,14-/m1/s1. The second kappa shape index (κ2) is 8.88. The molecule has 5 heteroatoms. The second-order valence-corrected chi connectivity index (χ2v) is 6.83. The van der Waals surface area contributed by atoms with Gasteiger partial charge in [0.25, 0.3) is 0 Å². The third-order valence-corrected chi connectivity index (χ3v) is 4.78. The largest absolute Gasteiger partial charge is 0.491 e. The first kappa shape index (κ1) is 18.5. The maximum atomic E-state index is 6.09. The molecule has 1 aromatic carbocycles. The topological polar surface area (TPSA) is 32.1 Å². The Morgan fingerprint density at radius 2 is 1.78 bits per heavy atom. The minimum absolute atomic E-state index is 0.341. The van der Waals surface area contributed by atoms with E-state index in [2.05, 4.69) is 13.8 Å². The van der Waals surface area contributed by atoms with Crippen molar-refractivity contribution in [1.82, 2.24) is 0 Å². The molecule has 1 N–H and O–H groups in total. The fourth-order valence-electron chi connectivity index (χ4n) is 3.04. The molecular weight excluding hydrogens is 314 g/mol. The zero-order chi connectivity index (χ0) is 16.8. The molecule has 23 heavy (non-hydrogen) atoms. The van der Waals surface area contributed by atoms with Crippen molar-refractivity contribution in [3.8, 4) is 5.75 Å². The third kappa shape index (κ3) is 5.64. The first-order valence-corrected chi connectivity index (χ1v) is 8.80. The van der Waals surface area contributed by atoms with Crippen LogP contribution in [0.4, 0.5) is 0 Å². The summed E-state index contributed by atoms with van der Waals surface area (Å²) in [5.41, 5.74) is 2.17. The average Bonchev–Trinajstić information content (AvgIpc) is 2.49. The van der Waals surface area contributed by atoms with Crippen molar-refractivity contribution in [2.75, 3.05) is 39.5 Å². The number of rotatable bonds is 7. The fourth-order valence-corrected chi connectivity index (χ4v) is 3.25. The van der Waals surface area contributed by atoms with Crippen LogP contribution >= 0.6 is 11.6 Å². The highest BCUT2D eigenvalue weighted by Gasteiger charge is 2.24. The molecule has 1 fully saturated rings. The molecule has 2 rings (SSSR count). The lowest BCUT2D eigenvalue weighted by atomic mass is 10.1. The fraction of sp³-hybridized carbons (Fsp3) is 0.667. The first-order valence-electron chi connectivity index (χ1n) is 8.42. The van der Waals surface area contributed by atoms with E-state index in [1.165, 1.54) is 0 Å². The predicted molar refractivity (Wildman–Crippen MR) is 92.8 cm³/mol. The molecule has 0 amide bonds. The van der Waals surface area contributed by atoms with Gasteiger partial charge in [0.1, 0.15) is 44.2 Å². The van der Waals surface area contributed by atoms with Crippen LogP contribution in [0.15, 0.2) is 12.1 Å². The highest BCUT2D eigenvalue weighted by atomic mass is 35.5. The van der Waals surface area contributed by atoms with E-state index >= 15 is 0 Å². The number of quaternary nitrogens is 1. The Labute approximate surface area is 144 Å². The van der Waals surface area contributed by atoms with Crippen molar-refractivity contribution in [1.29, 1.82) is 0 Å². The highest BCUT2D eigenvalue weighted by molar-refractivity contribution is 6.31. The molecule has 0 unspecified atom stereocenters. The molecule has 0 spiro atoms. The van der Waals surface area contributed by atoms with Crippen LogP contribution in [0.3, 0.4) is 0 Å². The van der Waals surface area contributed by atoms with Gasteiger partial charge < -0.3 is 19.1 Å². The van der Waals surface area contributed by atoms with Gasteiger partial charge in [0.05, 0.1) is 13.2 Å². The monoisotopic (exact) mass is 342 g/mol. The van der Waals surface area contributed by atoms with Gasteiger partial charge in [0.15, 0.2) is 0 Å². The Hall–Kier alpha value is -0.810. The van der Waals surface area contributed by atoms with E-state index in [9.17, 15) is 0 Å². The summed E-state index contributed by atoms with van der Waals surface area (Å²) in [5, 5.41) is 0.781. The van der Waals surface area contributed by atoms with Crippen LogP contribution in [-0.2, 0) is 9.47 Å². The molecule has 0 bridgehead atoms. The maximum absolute atomic E-state index is 6.09. The predicted octanol–water partition coefficient (Wildman–Crippen LogP) is 2.04. The van der Waals surface area contributed by atoms with Crippen molar-refractivity contribution >= 4 is 11.6 Å². The smallest absolute Gasteiger partial charge is 0.122 e. The molecule has 2 atom stereocenters. The molecule has 1 heterocycles. The van der Waals surface area contributed by atoms with Crippen LogP contribution in [0.2, 0.25) is 5.02 Å². The van der Waals surface area contributed by atoms with Gasteiger partial charge in [0.2, 0.25) is 0 Å². The highest BCUT2D eigenvalue weighted by Crippen LogP contribution is 2.27. The minimum atomic E-state index is 0.341. The summed E-state index contributed by atoms with van der Waals surface area (Å²) in [6.45, 7) is 13.4. The number of hydrogen-bond acceptors (Lipinski definition) is 3. The lowest BCUT2D eigenvalue weighted by Gasteiger charge is -2.32. The molecular formula is C18H29ClNO3+. The van der Waals surface area contributed by atoms with Crippen LogP contribution in [0, 0.1) is 13.8 Å². The summed E-state index contributed by atoms with van der Waals surface area (Å²) in [4.78, 5) is 1.56. The van der Waals surface area contributed by atoms with Crippen molar-refractivity contribution in [2.45, 2.75) is 39.9 Å². The van der Waals surface area contributed by atoms with Crippen LogP contribution in [0.25, 0.3) is 0 Å². The van der Waals surface area contributed by atoms with Crippen LogP contribution in [0.1, 0.15) is 25.0 Å². The lowest BCUT2D eigenvalue weighted by Crippen LogP contribution is -3.15. The summed E-state index contributed by atoms with van der Waals surface area (Å²) < 4.78 is 17.2. The molecule has 1 saturated heterocycles. The number of ether oxygens (including phenoxy) is 3. The Bertz CT molecular complexity index is 499. The first-order chi connectivity index (χ1) is 11.0. The Morgan fingerprint density at radius 3 is 2.48 bits per heavy atom. The van der Waals surface area contributed by atoms with Gasteiger partial charge in [-0.2, -0.15) is 0 Å². The molecule has 1 aliphatic rings. The normalized spacial score (nSPS) is 24.7. The second-order valence-electron chi connectivity index (χ2n) is 6.42. The van der Waals surface area contributed by atoms with Gasteiger partial charge in [-0.3, -0.25) is 0 Å². The Balaban J connectivity index is 1.62. The number of halogens is 1. The summed E-state index contributed by atoms with van der Waals surface area (Å²) >= 11 is 6.09. The summed E-state index contributed by atoms with van der Waals surface area (Å²) in [6.07, 6.45) is 0.682. The van der Waals surface area contributed by atoms with E-state index in [-0.39, 0.29) is 0 Å². The van der Waals surface area contributed by atoms with E-state index in [4.69, 9.17) is 25.8 Å². The molecule has 0 aromatic heterocycles. The zero-order valence-corrected chi connectivity index (χ0v) is 15.4. The Morgan fingerprint density at radius 1 is 1.09 bits per heavy atom. The van der Waals surface area contributed by atoms with E-state index in [1.54, 1.807) is 4.90 Å². The molecule has 4 nitrogen and oxygen atoms in total. The lowest BCUT2D eigenvalue weighted by molar-refractivity contribution is -0.915. The van der Waals surface area contributed by atoms with Crippen molar-refractivity contribution in [3.63, 3.8) is 0 Å². The van der Waals surface area contributed by atoms with Gasteiger partial charge in [-0.05, 0) is 51.0 Å². The maximum Gasteiger partial charge on any atom is 0.122 e. The van der Waals surface area contributed by atoms with E-state index in [1.807, 2.05) is 26.0 Å². The number of morpholine rings is 1. The zero-order valence-electron chi connectivity index (χ0n) is 14.7. The Kier molecular flexibility index (Phi) is 7.15. The van der Waals surface area contributed by atoms with Gasteiger partial charge in [-0.1, -0.05) is 11.6 Å². The van der Waals surface area contributed by atoms with Crippen molar-refractivity contribution < 1.29 is 19.1 Å². The van der Waals surface area contributed by atoms with Gasteiger partial charge in [-0.25, -0.2) is 0 Å². The quantitative estimate of drug-likeness (QED) is 0.770. The van der Waals surface area contributed by atoms with Crippen molar-refractivity contribution in [2.24, 2.45) is 0 Å². The van der Waals surface area contributed by atoms with Gasteiger partial charge in [-0.15, -0.1) is 0 Å². The van der Waals surface area contributed by atoms with Crippen LogP contribution in [0.5, 0.6) is 5.75 Å². The van der Waals surface area contributed by atoms with Crippen LogP contribution in [-0.4, -0.2) is 51.7 Å². The molecule has 130 valence electrons. The van der Waals surface area contributed by atoms with E-state index < -0.39 is 0 Å². The molecule has 1 aliphatic heterocycles. The van der Waals surface area contributed by atoms with Crippen LogP contribution < -0.4 is 9.64 Å². The van der Waals surface area contributed by atoms with Gasteiger partial charge >= 0.3 is 0 Å². The third-order valence-electron chi connectivity index (χ3n) is 4.37. The minimum Gasteiger partial charge on any atom is -0.491 e. The summed E-state index contributed by atoms with van der Waals surface area (Å²) in [7, 11) is 0. The number of hydrogen-bond donors (Lipinski definition) is 1. The molecule has 0 radical (unpaired) electrons.